The van der Waals surface area contributed by atoms with Gasteiger partial charge in [-0.05, 0) is 18.1 Å². The molecule has 9 heteroatoms. The molecule has 4 unspecified atom stereocenters. The number of aldehydes is 1. The Balaban J connectivity index is 2.33. The van der Waals surface area contributed by atoms with Crippen molar-refractivity contribution < 1.29 is 18.3 Å². The molecule has 0 bridgehead atoms. The molecule has 2 heterocycles. The topological polar surface area (TPSA) is 90.4 Å². The lowest BCUT2D eigenvalue weighted by Crippen LogP contribution is -2.48. The summed E-state index contributed by atoms with van der Waals surface area (Å²) in [6, 6.07) is 1.09. The number of carbonyl (C=O) groups excluding carboxylic acids is 1. The maximum Gasteiger partial charge on any atom is 0.330 e. The van der Waals surface area contributed by atoms with Crippen LogP contribution in [-0.2, 0) is 14.0 Å². The predicted molar refractivity (Wildman–Crippen MR) is 88.3 cm³/mol. The van der Waals surface area contributed by atoms with Crippen molar-refractivity contribution in [2.24, 2.45) is 0 Å². The van der Waals surface area contributed by atoms with Gasteiger partial charge in [-0.15, -0.1) is 0 Å². The first kappa shape index (κ1) is 18.8. The molecule has 24 heavy (non-hydrogen) atoms. The zero-order valence-electron chi connectivity index (χ0n) is 14.4. The first-order valence-corrected chi connectivity index (χ1v) is 10.6. The average molecular weight is 358 g/mol. The molecule has 0 saturated carbocycles. The number of hydrogen-bond acceptors (Lipinski definition) is 5. The minimum atomic E-state index is -2.35. The van der Waals surface area contributed by atoms with Crippen LogP contribution in [0.2, 0.25) is 18.1 Å². The van der Waals surface area contributed by atoms with E-state index in [-0.39, 0.29) is 5.04 Å². The van der Waals surface area contributed by atoms with E-state index in [2.05, 4.69) is 0 Å². The van der Waals surface area contributed by atoms with Gasteiger partial charge in [0.2, 0.25) is 0 Å². The van der Waals surface area contributed by atoms with E-state index >= 15 is 0 Å². The molecule has 134 valence electrons. The van der Waals surface area contributed by atoms with Gasteiger partial charge in [0.25, 0.3) is 5.56 Å². The van der Waals surface area contributed by atoms with Crippen LogP contribution >= 0.6 is 0 Å². The standard InChI is InChI=1S/C15H23FN2O5Si/c1-15(2,3)24(4,5)23-12-9(8-19)22-13(11(12)16)18-7-6-10(20)17-14(18)21/h6-9,11-13H,1-5H3,(H,17,20,21). The highest BCUT2D eigenvalue weighted by atomic mass is 28.4. The number of aromatic amines is 1. The highest BCUT2D eigenvalue weighted by Crippen LogP contribution is 2.41. The van der Waals surface area contributed by atoms with Crippen molar-refractivity contribution in [1.82, 2.24) is 9.55 Å². The number of H-pyrrole nitrogens is 1. The van der Waals surface area contributed by atoms with Crippen molar-refractivity contribution in [3.63, 3.8) is 0 Å². The minimum absolute atomic E-state index is 0.174. The summed E-state index contributed by atoms with van der Waals surface area (Å²) in [4.78, 5) is 36.4. The second kappa shape index (κ2) is 6.38. The highest BCUT2D eigenvalue weighted by molar-refractivity contribution is 6.74. The van der Waals surface area contributed by atoms with Crippen molar-refractivity contribution in [1.29, 1.82) is 0 Å². The van der Waals surface area contributed by atoms with Crippen molar-refractivity contribution in [2.45, 2.75) is 63.5 Å². The number of aromatic nitrogens is 2. The lowest BCUT2D eigenvalue weighted by Gasteiger charge is -2.39. The van der Waals surface area contributed by atoms with E-state index in [1.54, 1.807) is 0 Å². The molecule has 1 aromatic heterocycles. The normalized spacial score (nSPS) is 28.1. The number of ether oxygens (including phenoxy) is 1. The fourth-order valence-electron chi connectivity index (χ4n) is 2.26. The van der Waals surface area contributed by atoms with Gasteiger partial charge in [-0.3, -0.25) is 14.3 Å². The number of alkyl halides is 1. The lowest BCUT2D eigenvalue weighted by atomic mass is 10.1. The number of nitrogens with one attached hydrogen (secondary N) is 1. The molecular formula is C15H23FN2O5Si. The molecule has 0 aromatic carbocycles. The van der Waals surface area contributed by atoms with Crippen molar-refractivity contribution in [2.75, 3.05) is 0 Å². The Kier molecular flexibility index (Phi) is 4.98. The van der Waals surface area contributed by atoms with E-state index in [1.165, 1.54) is 0 Å². The summed E-state index contributed by atoms with van der Waals surface area (Å²) < 4.78 is 27.3. The second-order valence-corrected chi connectivity index (χ2v) is 12.2. The molecule has 1 N–H and O–H groups in total. The number of carbonyl (C=O) groups is 1. The fraction of sp³-hybridized carbons (Fsp3) is 0.667. The van der Waals surface area contributed by atoms with E-state index in [0.29, 0.717) is 6.29 Å². The molecule has 1 aliphatic heterocycles. The van der Waals surface area contributed by atoms with Gasteiger partial charge in [-0.25, -0.2) is 9.18 Å². The molecule has 0 radical (unpaired) electrons. The molecule has 0 aliphatic carbocycles. The SMILES string of the molecule is CC(C)(C)[Si](C)(C)OC1C(C=O)OC(n2ccc(=O)[nH]c2=O)C1F. The number of halogens is 1. The van der Waals surface area contributed by atoms with E-state index in [1.807, 2.05) is 38.8 Å². The molecule has 1 aliphatic rings. The van der Waals surface area contributed by atoms with Gasteiger partial charge in [0.1, 0.15) is 12.2 Å². The van der Waals surface area contributed by atoms with Crippen LogP contribution in [0.25, 0.3) is 0 Å². The monoisotopic (exact) mass is 358 g/mol. The molecule has 4 atom stereocenters. The molecule has 7 nitrogen and oxygen atoms in total. The van der Waals surface area contributed by atoms with Crippen molar-refractivity contribution >= 4 is 14.6 Å². The van der Waals surface area contributed by atoms with Gasteiger partial charge < -0.3 is 14.0 Å². The summed E-state index contributed by atoms with van der Waals surface area (Å²) >= 11 is 0. The predicted octanol–water partition coefficient (Wildman–Crippen LogP) is 1.36. The zero-order valence-corrected chi connectivity index (χ0v) is 15.4. The molecule has 1 fully saturated rings. The molecule has 0 amide bonds. The van der Waals surface area contributed by atoms with E-state index in [4.69, 9.17) is 9.16 Å². The van der Waals surface area contributed by atoms with Gasteiger partial charge in [-0.2, -0.15) is 0 Å². The maximum absolute atomic E-state index is 14.9. The minimum Gasteiger partial charge on any atom is -0.408 e. The lowest BCUT2D eigenvalue weighted by molar-refractivity contribution is -0.122. The smallest absolute Gasteiger partial charge is 0.330 e. The van der Waals surface area contributed by atoms with Crippen LogP contribution in [0, 0.1) is 0 Å². The molecule has 0 spiro atoms. The van der Waals surface area contributed by atoms with Crippen LogP contribution < -0.4 is 11.2 Å². The Bertz CT molecular complexity index is 724. The van der Waals surface area contributed by atoms with Gasteiger partial charge in [-0.1, -0.05) is 20.8 Å². The van der Waals surface area contributed by atoms with E-state index in [0.717, 1.165) is 16.8 Å². The van der Waals surface area contributed by atoms with Crippen molar-refractivity contribution in [3.8, 4) is 0 Å². The van der Waals surface area contributed by atoms with E-state index < -0.39 is 44.2 Å². The average Bonchev–Trinajstić information content (AvgIpc) is 2.74. The summed E-state index contributed by atoms with van der Waals surface area (Å²) in [6.45, 7) is 9.90. The Hall–Kier alpha value is -1.58. The van der Waals surface area contributed by atoms with Crippen LogP contribution in [0.3, 0.4) is 0 Å². The third-order valence-electron chi connectivity index (χ3n) is 4.70. The van der Waals surface area contributed by atoms with Crippen LogP contribution in [0.1, 0.15) is 27.0 Å². The first-order chi connectivity index (χ1) is 11.0. The third-order valence-corrected chi connectivity index (χ3v) is 9.18. The Morgan fingerprint density at radius 2 is 2.00 bits per heavy atom. The zero-order chi connectivity index (χ0) is 18.3. The van der Waals surface area contributed by atoms with Crippen molar-refractivity contribution in [3.05, 3.63) is 33.1 Å². The van der Waals surface area contributed by atoms with Crippen LogP contribution in [0.15, 0.2) is 21.9 Å². The number of rotatable bonds is 4. The van der Waals surface area contributed by atoms with Gasteiger partial charge in [0.15, 0.2) is 27.0 Å². The second-order valence-electron chi connectivity index (χ2n) is 7.43. The summed E-state index contributed by atoms with van der Waals surface area (Å²) in [7, 11) is -2.35. The Labute approximate surface area is 139 Å². The summed E-state index contributed by atoms with van der Waals surface area (Å²) in [5, 5.41) is -0.174. The number of nitrogens with zero attached hydrogens (tertiary/aromatic N) is 1. The molecule has 1 saturated heterocycles. The van der Waals surface area contributed by atoms with Gasteiger partial charge in [0, 0.05) is 12.3 Å². The van der Waals surface area contributed by atoms with Crippen LogP contribution in [-0.4, -0.2) is 42.5 Å². The summed E-state index contributed by atoms with van der Waals surface area (Å²) in [5.74, 6) is 0. The highest BCUT2D eigenvalue weighted by Gasteiger charge is 2.51. The molecule has 2 rings (SSSR count). The maximum atomic E-state index is 14.9. The largest absolute Gasteiger partial charge is 0.408 e. The summed E-state index contributed by atoms with van der Waals surface area (Å²) in [5.41, 5.74) is -1.39. The van der Waals surface area contributed by atoms with E-state index in [9.17, 15) is 18.8 Å². The van der Waals surface area contributed by atoms with Crippen LogP contribution in [0.5, 0.6) is 0 Å². The summed E-state index contributed by atoms with van der Waals surface area (Å²) in [6.07, 6.45) is -3.60. The molecule has 1 aromatic rings. The van der Waals surface area contributed by atoms with Gasteiger partial charge >= 0.3 is 5.69 Å². The Morgan fingerprint density at radius 1 is 1.38 bits per heavy atom. The first-order valence-electron chi connectivity index (χ1n) is 7.72. The fourth-order valence-corrected chi connectivity index (χ4v) is 3.56. The molecular weight excluding hydrogens is 335 g/mol. The third kappa shape index (κ3) is 3.42. The van der Waals surface area contributed by atoms with Crippen LogP contribution in [0.4, 0.5) is 4.39 Å². The Morgan fingerprint density at radius 3 is 2.50 bits per heavy atom. The number of hydrogen-bond donors (Lipinski definition) is 1. The quantitative estimate of drug-likeness (QED) is 0.648. The van der Waals surface area contributed by atoms with Gasteiger partial charge in [0.05, 0.1) is 0 Å².